The highest BCUT2D eigenvalue weighted by molar-refractivity contribution is 5.95. The predicted octanol–water partition coefficient (Wildman–Crippen LogP) is 4.06. The third-order valence-corrected chi connectivity index (χ3v) is 3.83. The van der Waals surface area contributed by atoms with Gasteiger partial charge in [-0.15, -0.1) is 0 Å². The Hall–Kier alpha value is -2.82. The molecule has 0 saturated heterocycles. The molecule has 0 spiro atoms. The molecule has 132 valence electrons. The Labute approximate surface area is 148 Å². The minimum absolute atomic E-state index is 0.0487. The van der Waals surface area contributed by atoms with E-state index in [4.69, 9.17) is 4.74 Å². The summed E-state index contributed by atoms with van der Waals surface area (Å²) in [5.41, 5.74) is 3.34. The number of carbonyl (C=O) groups excluding carboxylic acids is 2. The van der Waals surface area contributed by atoms with Crippen molar-refractivity contribution in [3.8, 4) is 5.75 Å². The lowest BCUT2D eigenvalue weighted by Gasteiger charge is -2.18. The van der Waals surface area contributed by atoms with Crippen molar-refractivity contribution in [1.82, 2.24) is 0 Å². The number of rotatable bonds is 6. The van der Waals surface area contributed by atoms with Gasteiger partial charge in [-0.2, -0.15) is 0 Å². The first-order valence-corrected chi connectivity index (χ1v) is 8.34. The third kappa shape index (κ3) is 5.08. The monoisotopic (exact) mass is 340 g/mol. The molecule has 25 heavy (non-hydrogen) atoms. The molecule has 2 aromatic carbocycles. The second-order valence-electron chi connectivity index (χ2n) is 5.95. The van der Waals surface area contributed by atoms with E-state index in [1.807, 2.05) is 32.0 Å². The van der Waals surface area contributed by atoms with Crippen LogP contribution in [-0.2, 0) is 9.59 Å². The van der Waals surface area contributed by atoms with Crippen LogP contribution in [0.5, 0.6) is 5.75 Å². The first-order chi connectivity index (χ1) is 11.9. The summed E-state index contributed by atoms with van der Waals surface area (Å²) in [6.07, 6.45) is -0.203. The van der Waals surface area contributed by atoms with Crippen LogP contribution >= 0.6 is 0 Å². The summed E-state index contributed by atoms with van der Waals surface area (Å²) in [7, 11) is 0. The molecule has 0 fully saturated rings. The van der Waals surface area contributed by atoms with Gasteiger partial charge in [0.2, 0.25) is 5.91 Å². The van der Waals surface area contributed by atoms with E-state index in [0.29, 0.717) is 17.8 Å². The lowest BCUT2D eigenvalue weighted by Crippen LogP contribution is -2.30. The zero-order chi connectivity index (χ0) is 18.4. The Kier molecular flexibility index (Phi) is 6.17. The molecule has 2 N–H and O–H groups in total. The molecule has 5 nitrogen and oxygen atoms in total. The maximum Gasteiger partial charge on any atom is 0.265 e. The molecule has 0 aromatic heterocycles. The SMILES string of the molecule is CCC(=O)Nc1ccc(NC(=O)C(C)Oc2c(C)cccc2C)cc1. The van der Waals surface area contributed by atoms with Gasteiger partial charge in [0, 0.05) is 17.8 Å². The Morgan fingerprint density at radius 3 is 2.00 bits per heavy atom. The maximum absolute atomic E-state index is 12.3. The third-order valence-electron chi connectivity index (χ3n) is 3.83. The highest BCUT2D eigenvalue weighted by Crippen LogP contribution is 2.24. The topological polar surface area (TPSA) is 67.4 Å². The van der Waals surface area contributed by atoms with Crippen molar-refractivity contribution in [2.24, 2.45) is 0 Å². The molecule has 2 amide bonds. The molecule has 0 radical (unpaired) electrons. The van der Waals surface area contributed by atoms with Crippen molar-refractivity contribution in [3.63, 3.8) is 0 Å². The zero-order valence-electron chi connectivity index (χ0n) is 15.1. The fourth-order valence-electron chi connectivity index (χ4n) is 2.35. The van der Waals surface area contributed by atoms with E-state index in [1.165, 1.54) is 0 Å². The molecule has 1 unspecified atom stereocenters. The van der Waals surface area contributed by atoms with Crippen LogP contribution in [0.1, 0.15) is 31.4 Å². The van der Waals surface area contributed by atoms with Crippen molar-refractivity contribution in [2.45, 2.75) is 40.2 Å². The Morgan fingerprint density at radius 1 is 0.960 bits per heavy atom. The van der Waals surface area contributed by atoms with Gasteiger partial charge in [0.05, 0.1) is 0 Å². The average molecular weight is 340 g/mol. The summed E-state index contributed by atoms with van der Waals surface area (Å²) in [5.74, 6) is 0.461. The first-order valence-electron chi connectivity index (χ1n) is 8.34. The first kappa shape index (κ1) is 18.5. The number of benzene rings is 2. The van der Waals surface area contributed by atoms with Gasteiger partial charge in [-0.25, -0.2) is 0 Å². The van der Waals surface area contributed by atoms with Crippen LogP contribution in [0.4, 0.5) is 11.4 Å². The van der Waals surface area contributed by atoms with E-state index in [-0.39, 0.29) is 11.8 Å². The van der Waals surface area contributed by atoms with Crippen LogP contribution in [0.2, 0.25) is 0 Å². The van der Waals surface area contributed by atoms with Gasteiger partial charge >= 0.3 is 0 Å². The molecule has 0 aliphatic rings. The van der Waals surface area contributed by atoms with E-state index in [9.17, 15) is 9.59 Å². The fourth-order valence-corrected chi connectivity index (χ4v) is 2.35. The second kappa shape index (κ2) is 8.33. The molecule has 2 rings (SSSR count). The number of para-hydroxylation sites is 1. The molecule has 0 saturated carbocycles. The molecular weight excluding hydrogens is 316 g/mol. The standard InChI is InChI=1S/C20H24N2O3/c1-5-18(23)21-16-9-11-17(12-10-16)22-20(24)15(4)25-19-13(2)7-6-8-14(19)3/h6-12,15H,5H2,1-4H3,(H,21,23)(H,22,24). The van der Waals surface area contributed by atoms with Crippen molar-refractivity contribution in [2.75, 3.05) is 10.6 Å². The van der Waals surface area contributed by atoms with Crippen molar-refractivity contribution in [3.05, 3.63) is 53.6 Å². The number of carbonyl (C=O) groups is 2. The number of ether oxygens (including phenoxy) is 1. The molecule has 0 aliphatic heterocycles. The fraction of sp³-hybridized carbons (Fsp3) is 0.300. The van der Waals surface area contributed by atoms with Crippen molar-refractivity contribution in [1.29, 1.82) is 0 Å². The van der Waals surface area contributed by atoms with Gasteiger partial charge in [0.1, 0.15) is 5.75 Å². The molecule has 2 aromatic rings. The van der Waals surface area contributed by atoms with E-state index in [2.05, 4.69) is 10.6 Å². The van der Waals surface area contributed by atoms with E-state index >= 15 is 0 Å². The minimum atomic E-state index is -0.626. The van der Waals surface area contributed by atoms with Crippen LogP contribution in [-0.4, -0.2) is 17.9 Å². The molecular formula is C20H24N2O3. The second-order valence-corrected chi connectivity index (χ2v) is 5.95. The summed E-state index contributed by atoms with van der Waals surface area (Å²) >= 11 is 0. The summed E-state index contributed by atoms with van der Waals surface area (Å²) in [6.45, 7) is 7.42. The van der Waals surface area contributed by atoms with E-state index < -0.39 is 6.10 Å². The lowest BCUT2D eigenvalue weighted by atomic mass is 10.1. The highest BCUT2D eigenvalue weighted by Gasteiger charge is 2.17. The van der Waals surface area contributed by atoms with Crippen LogP contribution < -0.4 is 15.4 Å². The summed E-state index contributed by atoms with van der Waals surface area (Å²) in [4.78, 5) is 23.7. The smallest absolute Gasteiger partial charge is 0.265 e. The van der Waals surface area contributed by atoms with E-state index in [1.54, 1.807) is 38.1 Å². The Bertz CT molecular complexity index is 734. The van der Waals surface area contributed by atoms with Gasteiger partial charge in [-0.3, -0.25) is 9.59 Å². The number of nitrogens with one attached hydrogen (secondary N) is 2. The molecule has 0 aliphatic carbocycles. The minimum Gasteiger partial charge on any atom is -0.480 e. The summed E-state index contributed by atoms with van der Waals surface area (Å²) in [6, 6.07) is 12.9. The zero-order valence-corrected chi connectivity index (χ0v) is 15.1. The van der Waals surface area contributed by atoms with Gasteiger partial charge in [-0.05, 0) is 56.2 Å². The van der Waals surface area contributed by atoms with Gasteiger partial charge in [-0.1, -0.05) is 25.1 Å². The van der Waals surface area contributed by atoms with Gasteiger partial charge in [0.25, 0.3) is 5.91 Å². The van der Waals surface area contributed by atoms with Crippen LogP contribution in [0.15, 0.2) is 42.5 Å². The normalized spacial score (nSPS) is 11.5. The molecule has 0 heterocycles. The van der Waals surface area contributed by atoms with Crippen molar-refractivity contribution < 1.29 is 14.3 Å². The number of anilines is 2. The predicted molar refractivity (Wildman–Crippen MR) is 100.0 cm³/mol. The quantitative estimate of drug-likeness (QED) is 0.833. The molecule has 1 atom stereocenters. The Balaban J connectivity index is 1.98. The van der Waals surface area contributed by atoms with Crippen LogP contribution in [0.3, 0.4) is 0 Å². The van der Waals surface area contributed by atoms with Gasteiger partial charge in [0.15, 0.2) is 6.10 Å². The van der Waals surface area contributed by atoms with Crippen molar-refractivity contribution >= 4 is 23.2 Å². The summed E-state index contributed by atoms with van der Waals surface area (Å²) in [5, 5.41) is 5.58. The summed E-state index contributed by atoms with van der Waals surface area (Å²) < 4.78 is 5.83. The average Bonchev–Trinajstić information content (AvgIpc) is 2.59. The van der Waals surface area contributed by atoms with Crippen LogP contribution in [0, 0.1) is 13.8 Å². The van der Waals surface area contributed by atoms with Crippen LogP contribution in [0.25, 0.3) is 0 Å². The van der Waals surface area contributed by atoms with Gasteiger partial charge < -0.3 is 15.4 Å². The number of amides is 2. The van der Waals surface area contributed by atoms with E-state index in [0.717, 1.165) is 16.9 Å². The maximum atomic E-state index is 12.3. The number of aryl methyl sites for hydroxylation is 2. The number of hydrogen-bond acceptors (Lipinski definition) is 3. The molecule has 5 heteroatoms. The lowest BCUT2D eigenvalue weighted by molar-refractivity contribution is -0.122. The molecule has 0 bridgehead atoms. The largest absolute Gasteiger partial charge is 0.480 e. The number of hydrogen-bond donors (Lipinski definition) is 2. The highest BCUT2D eigenvalue weighted by atomic mass is 16.5. The Morgan fingerprint density at radius 2 is 1.48 bits per heavy atom.